The number of aromatic hydroxyl groups is 2. The fourth-order valence-electron chi connectivity index (χ4n) is 6.33. The van der Waals surface area contributed by atoms with E-state index in [-0.39, 0.29) is 40.6 Å². The number of methoxy groups -OCH3 is 1. The van der Waals surface area contributed by atoms with Gasteiger partial charge in [-0.3, -0.25) is 14.4 Å². The summed E-state index contributed by atoms with van der Waals surface area (Å²) in [6, 6.07) is 14.9. The number of aryl methyl sites for hydroxylation is 1. The second-order valence-electron chi connectivity index (χ2n) is 12.4. The summed E-state index contributed by atoms with van der Waals surface area (Å²) in [6.07, 6.45) is 6.71. The number of cyclic esters (lactones) is 1. The van der Waals surface area contributed by atoms with Crippen LogP contribution in [0.25, 0.3) is 6.08 Å². The van der Waals surface area contributed by atoms with E-state index in [9.17, 15) is 29.4 Å². The molecule has 3 atom stereocenters. The molecule has 2 amide bonds. The van der Waals surface area contributed by atoms with E-state index in [2.05, 4.69) is 10.6 Å². The molecule has 0 aromatic heterocycles. The first-order valence-corrected chi connectivity index (χ1v) is 16.4. The second-order valence-corrected chi connectivity index (χ2v) is 12.4. The molecule has 0 fully saturated rings. The fraction of sp³-hybridized carbons (Fsp3) is 0.368. The summed E-state index contributed by atoms with van der Waals surface area (Å²) in [5.74, 6) is -2.59. The van der Waals surface area contributed by atoms with Crippen molar-refractivity contribution in [3.05, 3.63) is 88.5 Å². The monoisotopic (exact) mass is 654 g/mol. The third kappa shape index (κ3) is 8.23. The maximum absolute atomic E-state index is 13.7. The van der Waals surface area contributed by atoms with E-state index in [1.165, 1.54) is 13.2 Å². The lowest BCUT2D eigenvalue weighted by molar-refractivity contribution is -0.126. The first kappa shape index (κ1) is 34.2. The van der Waals surface area contributed by atoms with Crippen LogP contribution in [-0.4, -0.2) is 53.0 Å². The van der Waals surface area contributed by atoms with Gasteiger partial charge in [0.25, 0.3) is 0 Å². The van der Waals surface area contributed by atoms with Gasteiger partial charge in [0.15, 0.2) is 0 Å². The Bertz CT molecular complexity index is 1700. The number of benzene rings is 3. The summed E-state index contributed by atoms with van der Waals surface area (Å²) in [4.78, 5) is 52.5. The van der Waals surface area contributed by atoms with E-state index in [0.717, 1.165) is 5.56 Å². The summed E-state index contributed by atoms with van der Waals surface area (Å²) in [7, 11) is 1.53. The average molecular weight is 655 g/mol. The van der Waals surface area contributed by atoms with Crippen molar-refractivity contribution in [1.82, 2.24) is 5.32 Å². The minimum Gasteiger partial charge on any atom is -0.507 e. The highest BCUT2D eigenvalue weighted by atomic mass is 16.5. The molecule has 3 aromatic carbocycles. The van der Waals surface area contributed by atoms with Gasteiger partial charge in [0.05, 0.1) is 13.2 Å². The zero-order chi connectivity index (χ0) is 34.2. The number of rotatable bonds is 6. The smallest absolute Gasteiger partial charge is 0.342 e. The van der Waals surface area contributed by atoms with Crippen LogP contribution in [0.4, 0.5) is 5.69 Å². The first-order valence-electron chi connectivity index (χ1n) is 16.4. The van der Waals surface area contributed by atoms with Gasteiger partial charge in [-0.1, -0.05) is 42.5 Å². The number of esters is 1. The van der Waals surface area contributed by atoms with Gasteiger partial charge in [-0.15, -0.1) is 0 Å². The van der Waals surface area contributed by atoms with Crippen LogP contribution >= 0.6 is 0 Å². The number of amides is 2. The van der Waals surface area contributed by atoms with E-state index in [0.29, 0.717) is 68.4 Å². The lowest BCUT2D eigenvalue weighted by Gasteiger charge is -2.24. The van der Waals surface area contributed by atoms with Crippen molar-refractivity contribution in [3.63, 3.8) is 0 Å². The quantitative estimate of drug-likeness (QED) is 0.230. The number of fused-ring (bicyclic) bond motifs is 2. The van der Waals surface area contributed by atoms with Crippen LogP contribution in [0.15, 0.2) is 60.7 Å². The average Bonchev–Trinajstić information content (AvgIpc) is 3.21. The predicted octanol–water partition coefficient (Wildman–Crippen LogP) is 6.18. The van der Waals surface area contributed by atoms with Crippen LogP contribution < -0.4 is 15.4 Å². The standard InChI is InChI=1S/C38H42N2O8/c1-23-9-8-13-27(41)12-5-3-4-11-26-21-32(42)35(36(44)34(26)38(46)48-23)29(24-15-18-28(47-2)19-16-24)22-33(43)39-31-20-17-25-10-6-7-14-30(25)40-37(31)45/h4,6-7,10-11,14-16,18-19,21,23,29,31,42,44H,3,5,8-9,12-13,17,20,22H2,1-2H3,(H,39,43)(H,40,45)/t23-,29?,31?/m0/s1. The van der Waals surface area contributed by atoms with Crippen LogP contribution in [0.2, 0.25) is 0 Å². The largest absolute Gasteiger partial charge is 0.507 e. The molecule has 10 heteroatoms. The zero-order valence-electron chi connectivity index (χ0n) is 27.3. The number of ketones is 1. The molecule has 0 saturated heterocycles. The Labute approximate surface area is 280 Å². The van der Waals surface area contributed by atoms with Crippen molar-refractivity contribution in [2.24, 2.45) is 0 Å². The number of hydrogen-bond donors (Lipinski definition) is 4. The molecule has 48 heavy (non-hydrogen) atoms. The Morgan fingerprint density at radius 1 is 1.02 bits per heavy atom. The summed E-state index contributed by atoms with van der Waals surface area (Å²) < 4.78 is 11.0. The number of ether oxygens (including phenoxy) is 2. The summed E-state index contributed by atoms with van der Waals surface area (Å²) >= 11 is 0. The summed E-state index contributed by atoms with van der Waals surface area (Å²) in [5, 5.41) is 29.0. The van der Waals surface area contributed by atoms with Crippen LogP contribution in [0.3, 0.4) is 0 Å². The fourth-order valence-corrected chi connectivity index (χ4v) is 6.33. The topological polar surface area (TPSA) is 151 Å². The van der Waals surface area contributed by atoms with Crippen molar-refractivity contribution in [1.29, 1.82) is 0 Å². The van der Waals surface area contributed by atoms with Gasteiger partial charge in [-0.2, -0.15) is 0 Å². The number of allylic oxidation sites excluding steroid dienone is 1. The third-order valence-electron chi connectivity index (χ3n) is 8.94. The highest BCUT2D eigenvalue weighted by molar-refractivity contribution is 5.99. The molecule has 4 N–H and O–H groups in total. The van der Waals surface area contributed by atoms with Crippen molar-refractivity contribution in [2.45, 2.75) is 82.8 Å². The molecule has 0 saturated carbocycles. The predicted molar refractivity (Wildman–Crippen MR) is 181 cm³/mol. The Kier molecular flexibility index (Phi) is 11.2. The van der Waals surface area contributed by atoms with Gasteiger partial charge in [-0.05, 0) is 86.4 Å². The van der Waals surface area contributed by atoms with Gasteiger partial charge >= 0.3 is 5.97 Å². The lowest BCUT2D eigenvalue weighted by atomic mass is 9.84. The Hall–Kier alpha value is -5.12. The van der Waals surface area contributed by atoms with Crippen molar-refractivity contribution in [2.75, 3.05) is 12.4 Å². The Morgan fingerprint density at radius 3 is 2.54 bits per heavy atom. The van der Waals surface area contributed by atoms with Crippen LogP contribution in [0.1, 0.15) is 96.8 Å². The van der Waals surface area contributed by atoms with Crippen molar-refractivity contribution >= 4 is 35.3 Å². The molecule has 252 valence electrons. The van der Waals surface area contributed by atoms with E-state index >= 15 is 0 Å². The molecule has 10 nitrogen and oxygen atoms in total. The minimum atomic E-state index is -0.916. The molecular formula is C38H42N2O8. The van der Waals surface area contributed by atoms with E-state index < -0.39 is 35.7 Å². The number of phenols is 2. The number of phenolic OH excluding ortho intramolecular Hbond substituents is 2. The first-order chi connectivity index (χ1) is 23.1. The molecule has 5 rings (SSSR count). The summed E-state index contributed by atoms with van der Waals surface area (Å²) in [5.41, 5.74) is 2.36. The molecule has 2 aliphatic heterocycles. The van der Waals surface area contributed by atoms with Crippen LogP contribution in [-0.2, 0) is 25.5 Å². The number of anilines is 1. The summed E-state index contributed by atoms with van der Waals surface area (Å²) in [6.45, 7) is 1.73. The maximum Gasteiger partial charge on any atom is 0.342 e. The maximum atomic E-state index is 13.7. The molecule has 3 aromatic rings. The molecule has 2 unspecified atom stereocenters. The van der Waals surface area contributed by atoms with E-state index in [1.54, 1.807) is 43.3 Å². The van der Waals surface area contributed by atoms with E-state index in [4.69, 9.17) is 9.47 Å². The van der Waals surface area contributed by atoms with Crippen molar-refractivity contribution < 1.29 is 38.9 Å². The zero-order valence-corrected chi connectivity index (χ0v) is 27.3. The van der Waals surface area contributed by atoms with E-state index in [1.807, 2.05) is 24.3 Å². The number of carbonyl (C=O) groups excluding carboxylic acids is 4. The third-order valence-corrected chi connectivity index (χ3v) is 8.94. The second kappa shape index (κ2) is 15.6. The molecule has 0 radical (unpaired) electrons. The Morgan fingerprint density at radius 2 is 1.77 bits per heavy atom. The molecule has 0 spiro atoms. The highest BCUT2D eigenvalue weighted by Crippen LogP contribution is 2.44. The normalized spacial score (nSPS) is 19.4. The Balaban J connectivity index is 1.50. The van der Waals surface area contributed by atoms with Gasteiger partial charge in [-0.25, -0.2) is 4.79 Å². The number of hydrogen-bond acceptors (Lipinski definition) is 8. The van der Waals surface area contributed by atoms with Gasteiger partial charge < -0.3 is 30.3 Å². The highest BCUT2D eigenvalue weighted by Gasteiger charge is 2.32. The number of Topliss-reactive ketones (excluding diaryl/α,β-unsaturated/α-hetero) is 1. The SMILES string of the molecule is COc1ccc(C(CC(=O)NC2CCc3ccccc3NC2=O)c2c(O)cc3c(c2O)C(=O)O[C@@H](C)CCCC(=O)CCCC=C3)cc1. The number of para-hydroxylation sites is 1. The van der Waals surface area contributed by atoms with Gasteiger partial charge in [0.1, 0.15) is 34.6 Å². The molecular weight excluding hydrogens is 612 g/mol. The molecule has 2 aliphatic rings. The number of nitrogens with one attached hydrogen (secondary N) is 2. The minimum absolute atomic E-state index is 0.0171. The van der Waals surface area contributed by atoms with Crippen molar-refractivity contribution in [3.8, 4) is 17.2 Å². The number of carbonyl (C=O) groups is 4. The molecule has 2 heterocycles. The van der Waals surface area contributed by atoms with Crippen LogP contribution in [0.5, 0.6) is 17.2 Å². The molecule has 0 aliphatic carbocycles. The molecule has 0 bridgehead atoms. The lowest BCUT2D eigenvalue weighted by Crippen LogP contribution is -2.43. The van der Waals surface area contributed by atoms with Gasteiger partial charge in [0, 0.05) is 36.4 Å². The van der Waals surface area contributed by atoms with Gasteiger partial charge in [0.2, 0.25) is 11.8 Å². The van der Waals surface area contributed by atoms with Crippen LogP contribution in [0, 0.1) is 0 Å².